The molecule has 2 aromatic carbocycles. The number of rotatable bonds is 6. The van der Waals surface area contributed by atoms with E-state index in [-0.39, 0.29) is 18.0 Å². The fourth-order valence-electron chi connectivity index (χ4n) is 3.02. The average Bonchev–Trinajstić information content (AvgIpc) is 2.86. The van der Waals surface area contributed by atoms with Crippen molar-refractivity contribution in [2.24, 2.45) is 0 Å². The van der Waals surface area contributed by atoms with Gasteiger partial charge in [0.05, 0.1) is 11.4 Å². The van der Waals surface area contributed by atoms with Gasteiger partial charge in [-0.1, -0.05) is 29.8 Å². The normalized spacial score (nSPS) is 19.6. The lowest BCUT2D eigenvalue weighted by molar-refractivity contribution is -0.131. The average molecular weight is 402 g/mol. The molecule has 0 unspecified atom stereocenters. The van der Waals surface area contributed by atoms with E-state index in [2.05, 4.69) is 5.32 Å². The molecule has 0 aromatic heterocycles. The Labute approximate surface area is 164 Å². The number of carbonyl (C=O) groups is 2. The summed E-state index contributed by atoms with van der Waals surface area (Å²) < 4.78 is 28.8. The van der Waals surface area contributed by atoms with Crippen molar-refractivity contribution in [3.63, 3.8) is 0 Å². The van der Waals surface area contributed by atoms with Gasteiger partial charge in [-0.15, -0.1) is 0 Å². The first-order chi connectivity index (χ1) is 13.1. The Kier molecular flexibility index (Phi) is 5.16. The first-order valence-electron chi connectivity index (χ1n) is 8.75. The number of ether oxygens (including phenoxy) is 1. The molecule has 1 aliphatic heterocycles. The SMILES string of the molecule is Cc1ccc(OCCN2C(=O)N[C@](C)(c3ccc(S(C)(=O)=O)cc3)C2=O)cc1. The fourth-order valence-corrected chi connectivity index (χ4v) is 3.65. The first-order valence-corrected chi connectivity index (χ1v) is 10.6. The molecule has 3 rings (SSSR count). The van der Waals surface area contributed by atoms with Crippen LogP contribution in [0.2, 0.25) is 0 Å². The number of hydrogen-bond acceptors (Lipinski definition) is 5. The van der Waals surface area contributed by atoms with E-state index in [0.717, 1.165) is 16.7 Å². The summed E-state index contributed by atoms with van der Waals surface area (Å²) in [6, 6.07) is 12.9. The number of benzene rings is 2. The molecule has 7 nitrogen and oxygen atoms in total. The maximum atomic E-state index is 12.9. The fraction of sp³-hybridized carbons (Fsp3) is 0.300. The van der Waals surface area contributed by atoms with Gasteiger partial charge in [0.2, 0.25) is 0 Å². The minimum Gasteiger partial charge on any atom is -0.492 e. The molecule has 0 saturated carbocycles. The summed E-state index contributed by atoms with van der Waals surface area (Å²) in [7, 11) is -3.34. The second kappa shape index (κ2) is 7.27. The number of nitrogens with zero attached hydrogens (tertiary/aromatic N) is 1. The Bertz CT molecular complexity index is 1000. The Morgan fingerprint density at radius 2 is 1.64 bits per heavy atom. The zero-order valence-corrected chi connectivity index (χ0v) is 16.7. The maximum Gasteiger partial charge on any atom is 0.325 e. The second-order valence-corrected chi connectivity index (χ2v) is 8.99. The molecule has 148 valence electrons. The molecule has 1 atom stereocenters. The number of imide groups is 1. The first kappa shape index (κ1) is 19.9. The number of amides is 3. The minimum absolute atomic E-state index is 0.107. The highest BCUT2D eigenvalue weighted by molar-refractivity contribution is 7.90. The van der Waals surface area contributed by atoms with Crippen molar-refractivity contribution in [2.75, 3.05) is 19.4 Å². The molecule has 2 aromatic rings. The van der Waals surface area contributed by atoms with Crippen LogP contribution >= 0.6 is 0 Å². The summed E-state index contributed by atoms with van der Waals surface area (Å²) in [5.41, 5.74) is 0.371. The van der Waals surface area contributed by atoms with E-state index in [1.54, 1.807) is 19.1 Å². The van der Waals surface area contributed by atoms with Crippen molar-refractivity contribution in [1.29, 1.82) is 0 Å². The van der Waals surface area contributed by atoms with E-state index in [1.165, 1.54) is 12.1 Å². The molecule has 0 radical (unpaired) electrons. The summed E-state index contributed by atoms with van der Waals surface area (Å²) in [5, 5.41) is 2.69. The van der Waals surface area contributed by atoms with Crippen LogP contribution < -0.4 is 10.1 Å². The van der Waals surface area contributed by atoms with Gasteiger partial charge >= 0.3 is 6.03 Å². The quantitative estimate of drug-likeness (QED) is 0.748. The molecular formula is C20H22N2O5S. The number of nitrogens with one attached hydrogen (secondary N) is 1. The highest BCUT2D eigenvalue weighted by Crippen LogP contribution is 2.29. The van der Waals surface area contributed by atoms with Crippen molar-refractivity contribution < 1.29 is 22.7 Å². The monoisotopic (exact) mass is 402 g/mol. The van der Waals surface area contributed by atoms with Gasteiger partial charge in [0.1, 0.15) is 17.9 Å². The van der Waals surface area contributed by atoms with Crippen LogP contribution in [0, 0.1) is 6.92 Å². The Hall–Kier alpha value is -2.87. The van der Waals surface area contributed by atoms with Crippen LogP contribution in [0.25, 0.3) is 0 Å². The van der Waals surface area contributed by atoms with Crippen LogP contribution in [0.15, 0.2) is 53.4 Å². The Balaban J connectivity index is 1.70. The standard InChI is InChI=1S/C20H22N2O5S/c1-14-4-8-16(9-5-14)27-13-12-22-18(23)20(2,21-19(22)24)15-6-10-17(11-7-15)28(3,25)26/h4-11H,12-13H2,1-3H3,(H,21,24)/t20-/m1/s1. The van der Waals surface area contributed by atoms with Gasteiger partial charge in [-0.2, -0.15) is 0 Å². The smallest absolute Gasteiger partial charge is 0.325 e. The molecule has 1 fully saturated rings. The summed E-state index contributed by atoms with van der Waals surface area (Å²) >= 11 is 0. The van der Waals surface area contributed by atoms with Crippen molar-refractivity contribution >= 4 is 21.8 Å². The Morgan fingerprint density at radius 3 is 2.21 bits per heavy atom. The topological polar surface area (TPSA) is 92.8 Å². The van der Waals surface area contributed by atoms with Gasteiger partial charge in [0.25, 0.3) is 5.91 Å². The van der Waals surface area contributed by atoms with Crippen LogP contribution in [-0.2, 0) is 20.2 Å². The molecule has 28 heavy (non-hydrogen) atoms. The largest absolute Gasteiger partial charge is 0.492 e. The third-order valence-electron chi connectivity index (χ3n) is 4.74. The molecule has 8 heteroatoms. The lowest BCUT2D eigenvalue weighted by atomic mass is 9.92. The predicted octanol–water partition coefficient (Wildman–Crippen LogP) is 2.24. The maximum absolute atomic E-state index is 12.9. The van der Waals surface area contributed by atoms with E-state index < -0.39 is 27.3 Å². The van der Waals surface area contributed by atoms with E-state index in [1.807, 2.05) is 31.2 Å². The summed E-state index contributed by atoms with van der Waals surface area (Å²) in [5.74, 6) is 0.258. The van der Waals surface area contributed by atoms with Crippen molar-refractivity contribution in [1.82, 2.24) is 10.2 Å². The van der Waals surface area contributed by atoms with Crippen LogP contribution in [-0.4, -0.2) is 44.7 Å². The lowest BCUT2D eigenvalue weighted by Crippen LogP contribution is -2.41. The number of urea groups is 1. The van der Waals surface area contributed by atoms with Crippen LogP contribution in [0.3, 0.4) is 0 Å². The lowest BCUT2D eigenvalue weighted by Gasteiger charge is -2.22. The zero-order chi connectivity index (χ0) is 20.5. The van der Waals surface area contributed by atoms with E-state index in [4.69, 9.17) is 4.74 Å². The number of sulfone groups is 1. The molecule has 3 amide bonds. The van der Waals surface area contributed by atoms with Crippen molar-refractivity contribution in [2.45, 2.75) is 24.3 Å². The molecule has 1 saturated heterocycles. The summed E-state index contributed by atoms with van der Waals surface area (Å²) in [6.45, 7) is 3.85. The number of hydrogen-bond donors (Lipinski definition) is 1. The van der Waals surface area contributed by atoms with Gasteiger partial charge in [0, 0.05) is 6.26 Å². The number of carbonyl (C=O) groups excluding carboxylic acids is 2. The molecular weight excluding hydrogens is 380 g/mol. The van der Waals surface area contributed by atoms with E-state index in [0.29, 0.717) is 11.3 Å². The molecule has 1 aliphatic rings. The van der Waals surface area contributed by atoms with Crippen LogP contribution in [0.1, 0.15) is 18.1 Å². The minimum atomic E-state index is -3.34. The third-order valence-corrected chi connectivity index (χ3v) is 5.87. The molecule has 0 aliphatic carbocycles. The van der Waals surface area contributed by atoms with Gasteiger partial charge in [-0.05, 0) is 43.7 Å². The van der Waals surface area contributed by atoms with E-state index in [9.17, 15) is 18.0 Å². The third kappa shape index (κ3) is 3.87. The number of aryl methyl sites for hydroxylation is 1. The van der Waals surface area contributed by atoms with Gasteiger partial charge < -0.3 is 10.1 Å². The highest BCUT2D eigenvalue weighted by Gasteiger charge is 2.48. The van der Waals surface area contributed by atoms with Crippen molar-refractivity contribution in [3.8, 4) is 5.75 Å². The van der Waals surface area contributed by atoms with E-state index >= 15 is 0 Å². The summed E-state index contributed by atoms with van der Waals surface area (Å²) in [6.07, 6.45) is 1.11. The Morgan fingerprint density at radius 1 is 1.04 bits per heavy atom. The molecule has 0 bridgehead atoms. The van der Waals surface area contributed by atoms with Gasteiger partial charge in [-0.25, -0.2) is 13.2 Å². The van der Waals surface area contributed by atoms with Crippen LogP contribution in [0.4, 0.5) is 4.79 Å². The van der Waals surface area contributed by atoms with Crippen molar-refractivity contribution in [3.05, 3.63) is 59.7 Å². The highest BCUT2D eigenvalue weighted by atomic mass is 32.2. The van der Waals surface area contributed by atoms with Gasteiger partial charge in [-0.3, -0.25) is 9.69 Å². The molecule has 1 heterocycles. The zero-order valence-electron chi connectivity index (χ0n) is 15.9. The van der Waals surface area contributed by atoms with Gasteiger partial charge in [0.15, 0.2) is 9.84 Å². The summed E-state index contributed by atoms with van der Waals surface area (Å²) in [4.78, 5) is 26.5. The van der Waals surface area contributed by atoms with Crippen LogP contribution in [0.5, 0.6) is 5.75 Å². The predicted molar refractivity (Wildman–Crippen MR) is 104 cm³/mol. The second-order valence-electron chi connectivity index (χ2n) is 6.97. The molecule has 1 N–H and O–H groups in total. The molecule has 0 spiro atoms.